The maximum atomic E-state index is 5.94. The van der Waals surface area contributed by atoms with Crippen LogP contribution in [0.15, 0.2) is 36.5 Å². The second kappa shape index (κ2) is 5.06. The third-order valence-electron chi connectivity index (χ3n) is 2.51. The highest BCUT2D eigenvalue weighted by Crippen LogP contribution is 2.26. The Morgan fingerprint density at radius 1 is 1.29 bits per heavy atom. The molecule has 0 aliphatic rings. The molecule has 1 aromatic carbocycles. The number of para-hydroxylation sites is 1. The lowest BCUT2D eigenvalue weighted by Gasteiger charge is -2.10. The number of hydrogen-bond acceptors (Lipinski definition) is 3. The van der Waals surface area contributed by atoms with Gasteiger partial charge in [0.1, 0.15) is 0 Å². The topological polar surface area (TPSA) is 50.9 Å². The fourth-order valence-electron chi connectivity index (χ4n) is 1.49. The molecule has 0 amide bonds. The van der Waals surface area contributed by atoms with E-state index in [0.29, 0.717) is 17.3 Å². The van der Waals surface area contributed by atoms with Crippen molar-refractivity contribution in [2.45, 2.75) is 13.5 Å². The number of halogens is 1. The van der Waals surface area contributed by atoms with Crippen molar-refractivity contribution < 1.29 is 0 Å². The summed E-state index contributed by atoms with van der Waals surface area (Å²) < 4.78 is 0. The van der Waals surface area contributed by atoms with Crippen molar-refractivity contribution >= 4 is 23.0 Å². The van der Waals surface area contributed by atoms with Gasteiger partial charge in [-0.25, -0.2) is 0 Å². The average molecular weight is 248 g/mol. The molecule has 0 fully saturated rings. The molecule has 0 aliphatic carbocycles. The number of hydrogen-bond donors (Lipinski definition) is 2. The number of benzene rings is 1. The Morgan fingerprint density at radius 2 is 2.12 bits per heavy atom. The Balaban J connectivity index is 2.07. The van der Waals surface area contributed by atoms with E-state index < -0.39 is 0 Å². The summed E-state index contributed by atoms with van der Waals surface area (Å²) in [5, 5.41) is 3.81. The summed E-state index contributed by atoms with van der Waals surface area (Å²) in [7, 11) is 0. The zero-order valence-electron chi connectivity index (χ0n) is 9.57. The number of nitrogens with zero attached hydrogens (tertiary/aromatic N) is 1. The molecule has 3 N–H and O–H groups in total. The van der Waals surface area contributed by atoms with Crippen molar-refractivity contribution in [1.29, 1.82) is 0 Å². The molecule has 2 aromatic rings. The molecule has 88 valence electrons. The fraction of sp³-hybridized carbons (Fsp3) is 0.154. The first-order valence-corrected chi connectivity index (χ1v) is 5.74. The Labute approximate surface area is 106 Å². The normalized spacial score (nSPS) is 10.2. The summed E-state index contributed by atoms with van der Waals surface area (Å²) in [6.07, 6.45) is 1.85. The van der Waals surface area contributed by atoms with Gasteiger partial charge < -0.3 is 11.1 Å². The van der Waals surface area contributed by atoms with E-state index >= 15 is 0 Å². The van der Waals surface area contributed by atoms with Gasteiger partial charge in [-0.1, -0.05) is 23.7 Å². The van der Waals surface area contributed by atoms with Gasteiger partial charge >= 0.3 is 0 Å². The van der Waals surface area contributed by atoms with Crippen molar-refractivity contribution in [2.24, 2.45) is 0 Å². The van der Waals surface area contributed by atoms with Crippen LogP contribution >= 0.6 is 11.6 Å². The third-order valence-corrected chi connectivity index (χ3v) is 2.84. The van der Waals surface area contributed by atoms with E-state index in [1.165, 1.54) is 0 Å². The van der Waals surface area contributed by atoms with Gasteiger partial charge in [0.2, 0.25) is 0 Å². The lowest BCUT2D eigenvalue weighted by atomic mass is 10.2. The Kier molecular flexibility index (Phi) is 3.49. The highest BCUT2D eigenvalue weighted by molar-refractivity contribution is 6.33. The van der Waals surface area contributed by atoms with Crippen LogP contribution in [0.25, 0.3) is 0 Å². The first-order valence-electron chi connectivity index (χ1n) is 5.36. The van der Waals surface area contributed by atoms with E-state index in [1.54, 1.807) is 6.07 Å². The molecular weight excluding hydrogens is 234 g/mol. The van der Waals surface area contributed by atoms with Gasteiger partial charge in [-0.05, 0) is 30.7 Å². The van der Waals surface area contributed by atoms with Gasteiger partial charge in [-0.2, -0.15) is 0 Å². The van der Waals surface area contributed by atoms with E-state index in [9.17, 15) is 0 Å². The standard InChI is InChI=1S/C13H14ClN3/c1-9-5-6-10(7-16-9)8-17-12-4-2-3-11(14)13(12)15/h2-7,17H,8,15H2,1H3. The predicted molar refractivity (Wildman–Crippen MR) is 72.2 cm³/mol. The van der Waals surface area contributed by atoms with Crippen LogP contribution in [0.5, 0.6) is 0 Å². The number of aromatic nitrogens is 1. The van der Waals surface area contributed by atoms with E-state index in [0.717, 1.165) is 16.9 Å². The summed E-state index contributed by atoms with van der Waals surface area (Å²) >= 11 is 5.94. The molecule has 0 atom stereocenters. The summed E-state index contributed by atoms with van der Waals surface area (Å²) in [4.78, 5) is 4.23. The van der Waals surface area contributed by atoms with Gasteiger partial charge in [0.15, 0.2) is 0 Å². The first-order chi connectivity index (χ1) is 8.16. The highest BCUT2D eigenvalue weighted by Gasteiger charge is 2.02. The molecule has 0 bridgehead atoms. The van der Waals surface area contributed by atoms with Crippen LogP contribution < -0.4 is 11.1 Å². The van der Waals surface area contributed by atoms with Crippen LogP contribution in [-0.4, -0.2) is 4.98 Å². The third kappa shape index (κ3) is 2.88. The average Bonchev–Trinajstić information content (AvgIpc) is 2.33. The lowest BCUT2D eigenvalue weighted by molar-refractivity contribution is 1.09. The van der Waals surface area contributed by atoms with Crippen LogP contribution in [-0.2, 0) is 6.54 Å². The van der Waals surface area contributed by atoms with Crippen molar-refractivity contribution in [3.63, 3.8) is 0 Å². The van der Waals surface area contributed by atoms with Crippen LogP contribution in [0.3, 0.4) is 0 Å². The smallest absolute Gasteiger partial charge is 0.0739 e. The number of rotatable bonds is 3. The van der Waals surface area contributed by atoms with Crippen LogP contribution in [0.2, 0.25) is 5.02 Å². The van der Waals surface area contributed by atoms with Gasteiger partial charge in [0, 0.05) is 18.4 Å². The molecule has 1 heterocycles. The van der Waals surface area contributed by atoms with Crippen LogP contribution in [0.4, 0.5) is 11.4 Å². The van der Waals surface area contributed by atoms with Gasteiger partial charge in [0.25, 0.3) is 0 Å². The number of aryl methyl sites for hydroxylation is 1. The molecule has 2 rings (SSSR count). The Hall–Kier alpha value is -1.74. The summed E-state index contributed by atoms with van der Waals surface area (Å²) in [5.74, 6) is 0. The molecular formula is C13H14ClN3. The quantitative estimate of drug-likeness (QED) is 0.819. The number of nitrogens with one attached hydrogen (secondary N) is 1. The monoisotopic (exact) mass is 247 g/mol. The number of pyridine rings is 1. The Morgan fingerprint density at radius 3 is 2.82 bits per heavy atom. The minimum absolute atomic E-state index is 0.567. The fourth-order valence-corrected chi connectivity index (χ4v) is 1.67. The van der Waals surface area contributed by atoms with Crippen molar-refractivity contribution in [2.75, 3.05) is 11.1 Å². The lowest BCUT2D eigenvalue weighted by Crippen LogP contribution is -2.03. The molecule has 4 heteroatoms. The minimum atomic E-state index is 0.567. The van der Waals surface area contributed by atoms with E-state index in [-0.39, 0.29) is 0 Å². The van der Waals surface area contributed by atoms with Gasteiger partial charge in [0.05, 0.1) is 16.4 Å². The molecule has 3 nitrogen and oxygen atoms in total. The second-order valence-corrected chi connectivity index (χ2v) is 4.27. The summed E-state index contributed by atoms with van der Waals surface area (Å²) in [6, 6.07) is 9.57. The van der Waals surface area contributed by atoms with Gasteiger partial charge in [-0.3, -0.25) is 4.98 Å². The van der Waals surface area contributed by atoms with Crippen molar-refractivity contribution in [3.8, 4) is 0 Å². The number of anilines is 2. The number of nitrogens with two attached hydrogens (primary N) is 1. The van der Waals surface area contributed by atoms with Gasteiger partial charge in [-0.15, -0.1) is 0 Å². The van der Waals surface area contributed by atoms with Crippen molar-refractivity contribution in [3.05, 3.63) is 52.8 Å². The molecule has 0 saturated heterocycles. The maximum absolute atomic E-state index is 5.94. The first kappa shape index (κ1) is 11.7. The summed E-state index contributed by atoms with van der Waals surface area (Å²) in [6.45, 7) is 2.64. The molecule has 0 saturated carbocycles. The molecule has 0 aliphatic heterocycles. The predicted octanol–water partition coefficient (Wildman–Crippen LogP) is 3.24. The minimum Gasteiger partial charge on any atom is -0.396 e. The zero-order chi connectivity index (χ0) is 12.3. The number of nitrogen functional groups attached to an aromatic ring is 1. The largest absolute Gasteiger partial charge is 0.396 e. The zero-order valence-corrected chi connectivity index (χ0v) is 10.3. The van der Waals surface area contributed by atoms with Crippen LogP contribution in [0.1, 0.15) is 11.3 Å². The van der Waals surface area contributed by atoms with E-state index in [1.807, 2.05) is 37.4 Å². The van der Waals surface area contributed by atoms with E-state index in [4.69, 9.17) is 17.3 Å². The maximum Gasteiger partial charge on any atom is 0.0739 e. The molecule has 0 unspecified atom stereocenters. The molecule has 17 heavy (non-hydrogen) atoms. The van der Waals surface area contributed by atoms with Crippen LogP contribution in [0, 0.1) is 6.92 Å². The SMILES string of the molecule is Cc1ccc(CNc2cccc(Cl)c2N)cn1. The Bertz CT molecular complexity index is 509. The molecule has 0 spiro atoms. The van der Waals surface area contributed by atoms with E-state index in [2.05, 4.69) is 10.3 Å². The molecule has 1 aromatic heterocycles. The second-order valence-electron chi connectivity index (χ2n) is 3.86. The van der Waals surface area contributed by atoms with Crippen molar-refractivity contribution in [1.82, 2.24) is 4.98 Å². The highest BCUT2D eigenvalue weighted by atomic mass is 35.5. The summed E-state index contributed by atoms with van der Waals surface area (Å²) in [5.41, 5.74) is 9.40. The molecule has 0 radical (unpaired) electrons.